The van der Waals surface area contributed by atoms with Gasteiger partial charge in [0.05, 0.1) is 0 Å². The van der Waals surface area contributed by atoms with Gasteiger partial charge in [0.25, 0.3) is 0 Å². The maximum Gasteiger partial charge on any atom is 0.236 e. The summed E-state index contributed by atoms with van der Waals surface area (Å²) in [4.78, 5) is 23.2. The lowest BCUT2D eigenvalue weighted by molar-refractivity contribution is -0.141. The van der Waals surface area contributed by atoms with Crippen molar-refractivity contribution < 1.29 is 9.59 Å². The van der Waals surface area contributed by atoms with Gasteiger partial charge in [-0.1, -0.05) is 12.2 Å². The summed E-state index contributed by atoms with van der Waals surface area (Å²) in [5.74, 6) is -1.01. The van der Waals surface area contributed by atoms with Crippen LogP contribution >= 0.6 is 0 Å². The second-order valence-corrected chi connectivity index (χ2v) is 3.29. The summed E-state index contributed by atoms with van der Waals surface area (Å²) in [6.07, 6.45) is 3.48. The molecule has 0 aromatic rings. The highest BCUT2D eigenvalue weighted by Crippen LogP contribution is 2.27. The molecule has 0 aliphatic carbocycles. The summed E-state index contributed by atoms with van der Waals surface area (Å²) >= 11 is 0. The van der Waals surface area contributed by atoms with Crippen LogP contribution in [0.3, 0.4) is 0 Å². The summed E-state index contributed by atoms with van der Waals surface area (Å²) in [6.45, 7) is 9.30. The maximum atomic E-state index is 11.8. The fourth-order valence-electron chi connectivity index (χ4n) is 1.40. The van der Waals surface area contributed by atoms with Gasteiger partial charge in [0.2, 0.25) is 11.8 Å². The molecule has 84 valence electrons. The van der Waals surface area contributed by atoms with Crippen LogP contribution in [-0.2, 0) is 9.59 Å². The third-order valence-electron chi connectivity index (χ3n) is 2.23. The average Bonchev–Trinajstić information content (AvgIpc) is 2.17. The fraction of sp³-hybridized carbons (Fsp3) is 0.455. The van der Waals surface area contributed by atoms with E-state index in [0.29, 0.717) is 6.54 Å². The Labute approximate surface area is 90.2 Å². The van der Waals surface area contributed by atoms with Gasteiger partial charge in [-0.25, -0.2) is 0 Å². The largest absolute Gasteiger partial charge is 0.369 e. The highest BCUT2D eigenvalue weighted by molar-refractivity contribution is 6.04. The van der Waals surface area contributed by atoms with E-state index in [4.69, 9.17) is 5.73 Å². The molecule has 0 fully saturated rings. The highest BCUT2D eigenvalue weighted by atomic mass is 16.2. The molecule has 0 aliphatic rings. The van der Waals surface area contributed by atoms with Gasteiger partial charge in [-0.15, -0.1) is 13.2 Å². The fourth-order valence-corrected chi connectivity index (χ4v) is 1.40. The van der Waals surface area contributed by atoms with Crippen LogP contribution in [0, 0.1) is 5.41 Å². The Balaban J connectivity index is 5.08. The molecular formula is C11H18N2O2. The van der Waals surface area contributed by atoms with E-state index in [1.54, 1.807) is 6.92 Å². The normalized spacial score (nSPS) is 10.5. The maximum absolute atomic E-state index is 11.8. The summed E-state index contributed by atoms with van der Waals surface area (Å²) in [5, 5.41) is 2.60. The first kappa shape index (κ1) is 13.4. The van der Waals surface area contributed by atoms with Crippen LogP contribution in [0.4, 0.5) is 0 Å². The van der Waals surface area contributed by atoms with Crippen molar-refractivity contribution in [3.63, 3.8) is 0 Å². The Morgan fingerprint density at radius 1 is 1.33 bits per heavy atom. The Morgan fingerprint density at radius 2 is 1.80 bits per heavy atom. The number of primary amides is 1. The van der Waals surface area contributed by atoms with E-state index in [9.17, 15) is 9.59 Å². The van der Waals surface area contributed by atoms with Crippen molar-refractivity contribution in [1.82, 2.24) is 5.32 Å². The van der Waals surface area contributed by atoms with Crippen molar-refractivity contribution in [2.75, 3.05) is 6.54 Å². The van der Waals surface area contributed by atoms with Crippen molar-refractivity contribution >= 4 is 11.8 Å². The summed E-state index contributed by atoms with van der Waals surface area (Å²) in [7, 11) is 0. The number of rotatable bonds is 7. The van der Waals surface area contributed by atoms with Crippen LogP contribution < -0.4 is 11.1 Å². The van der Waals surface area contributed by atoms with E-state index in [1.165, 1.54) is 12.2 Å². The molecule has 0 radical (unpaired) electrons. The zero-order chi connectivity index (χ0) is 11.9. The zero-order valence-corrected chi connectivity index (χ0v) is 9.08. The first-order chi connectivity index (χ1) is 7.05. The van der Waals surface area contributed by atoms with Crippen molar-refractivity contribution in [1.29, 1.82) is 0 Å². The van der Waals surface area contributed by atoms with Crippen molar-refractivity contribution in [3.05, 3.63) is 25.3 Å². The van der Waals surface area contributed by atoms with Gasteiger partial charge in [-0.05, 0) is 19.8 Å². The standard InChI is InChI=1S/C11H18N2O2/c1-4-7-11(8-5-2,9(12)14)10(15)13-6-3/h4-5H,1-2,6-8H2,3H3,(H2,12,14)(H,13,15). The Bertz CT molecular complexity index is 262. The van der Waals surface area contributed by atoms with Crippen LogP contribution in [0.5, 0.6) is 0 Å². The SMILES string of the molecule is C=CCC(CC=C)(C(N)=O)C(=O)NCC. The monoisotopic (exact) mass is 210 g/mol. The van der Waals surface area contributed by atoms with Crippen LogP contribution in [-0.4, -0.2) is 18.4 Å². The average molecular weight is 210 g/mol. The number of amides is 2. The van der Waals surface area contributed by atoms with Crippen LogP contribution in [0.2, 0.25) is 0 Å². The van der Waals surface area contributed by atoms with Crippen LogP contribution in [0.25, 0.3) is 0 Å². The lowest BCUT2D eigenvalue weighted by Gasteiger charge is -2.26. The third kappa shape index (κ3) is 2.94. The number of allylic oxidation sites excluding steroid dienone is 2. The molecule has 15 heavy (non-hydrogen) atoms. The second kappa shape index (κ2) is 6.01. The van der Waals surface area contributed by atoms with Crippen LogP contribution in [0.15, 0.2) is 25.3 Å². The number of nitrogens with two attached hydrogens (primary N) is 1. The summed E-state index contributed by atoms with van der Waals surface area (Å²) in [6, 6.07) is 0. The first-order valence-corrected chi connectivity index (χ1v) is 4.85. The number of nitrogens with one attached hydrogen (secondary N) is 1. The number of hydrogen-bond acceptors (Lipinski definition) is 2. The molecule has 0 atom stereocenters. The Kier molecular flexibility index (Phi) is 5.37. The predicted molar refractivity (Wildman–Crippen MR) is 59.9 cm³/mol. The number of carbonyl (C=O) groups excluding carboxylic acids is 2. The third-order valence-corrected chi connectivity index (χ3v) is 2.23. The first-order valence-electron chi connectivity index (χ1n) is 4.85. The van der Waals surface area contributed by atoms with Crippen molar-refractivity contribution in [3.8, 4) is 0 Å². The van der Waals surface area contributed by atoms with E-state index in [1.807, 2.05) is 0 Å². The molecule has 0 heterocycles. The molecule has 0 rings (SSSR count). The molecule has 0 aromatic carbocycles. The van der Waals surface area contributed by atoms with E-state index in [0.717, 1.165) is 0 Å². The molecule has 0 unspecified atom stereocenters. The molecular weight excluding hydrogens is 192 g/mol. The second-order valence-electron chi connectivity index (χ2n) is 3.29. The predicted octanol–water partition coefficient (Wildman–Crippen LogP) is 0.746. The molecule has 4 nitrogen and oxygen atoms in total. The topological polar surface area (TPSA) is 72.2 Å². The molecule has 0 spiro atoms. The lowest BCUT2D eigenvalue weighted by Crippen LogP contribution is -2.49. The Hall–Kier alpha value is -1.58. The van der Waals surface area contributed by atoms with Gasteiger partial charge < -0.3 is 11.1 Å². The molecule has 0 bridgehead atoms. The van der Waals surface area contributed by atoms with E-state index < -0.39 is 11.3 Å². The van der Waals surface area contributed by atoms with Crippen LogP contribution in [0.1, 0.15) is 19.8 Å². The van der Waals surface area contributed by atoms with E-state index in [2.05, 4.69) is 18.5 Å². The molecule has 3 N–H and O–H groups in total. The highest BCUT2D eigenvalue weighted by Gasteiger charge is 2.41. The van der Waals surface area contributed by atoms with Gasteiger partial charge in [-0.2, -0.15) is 0 Å². The number of hydrogen-bond donors (Lipinski definition) is 2. The van der Waals surface area contributed by atoms with Gasteiger partial charge in [0, 0.05) is 6.54 Å². The zero-order valence-electron chi connectivity index (χ0n) is 9.08. The van der Waals surface area contributed by atoms with Crippen molar-refractivity contribution in [2.24, 2.45) is 11.1 Å². The molecule has 2 amide bonds. The molecule has 4 heteroatoms. The van der Waals surface area contributed by atoms with Gasteiger partial charge in [0.15, 0.2) is 0 Å². The minimum Gasteiger partial charge on any atom is -0.369 e. The minimum absolute atomic E-state index is 0.222. The Morgan fingerprint density at radius 3 is 2.07 bits per heavy atom. The van der Waals surface area contributed by atoms with E-state index in [-0.39, 0.29) is 18.7 Å². The quantitative estimate of drug-likeness (QED) is 0.480. The summed E-state index contributed by atoms with van der Waals surface area (Å²) in [5.41, 5.74) is 4.04. The molecule has 0 saturated heterocycles. The van der Waals surface area contributed by atoms with Gasteiger partial charge in [-0.3, -0.25) is 9.59 Å². The lowest BCUT2D eigenvalue weighted by atomic mass is 9.79. The summed E-state index contributed by atoms with van der Waals surface area (Å²) < 4.78 is 0. The molecule has 0 aromatic heterocycles. The van der Waals surface area contributed by atoms with Gasteiger partial charge in [0.1, 0.15) is 5.41 Å². The molecule has 0 aliphatic heterocycles. The minimum atomic E-state index is -1.24. The van der Waals surface area contributed by atoms with E-state index >= 15 is 0 Å². The van der Waals surface area contributed by atoms with Crippen molar-refractivity contribution in [2.45, 2.75) is 19.8 Å². The molecule has 0 saturated carbocycles. The van der Waals surface area contributed by atoms with Gasteiger partial charge >= 0.3 is 0 Å². The smallest absolute Gasteiger partial charge is 0.236 e. The number of carbonyl (C=O) groups is 2.